The predicted molar refractivity (Wildman–Crippen MR) is 73.2 cm³/mol. The van der Waals surface area contributed by atoms with Gasteiger partial charge >= 0.3 is 0 Å². The molecule has 3 nitrogen and oxygen atoms in total. The van der Waals surface area contributed by atoms with E-state index in [1.165, 1.54) is 5.56 Å². The second-order valence-corrected chi connectivity index (χ2v) is 4.28. The van der Waals surface area contributed by atoms with E-state index in [1.807, 2.05) is 18.2 Å². The number of hydrogen-bond acceptors (Lipinski definition) is 2. The van der Waals surface area contributed by atoms with Crippen molar-refractivity contribution in [2.24, 2.45) is 0 Å². The lowest BCUT2D eigenvalue weighted by atomic mass is 10.0. The molecule has 0 aliphatic carbocycles. The minimum atomic E-state index is 0.227. The average Bonchev–Trinajstić information content (AvgIpc) is 2.37. The predicted octanol–water partition coefficient (Wildman–Crippen LogP) is 2.16. The summed E-state index contributed by atoms with van der Waals surface area (Å²) in [5.74, 6) is 0.947. The largest absolute Gasteiger partial charge is 0.493 e. The van der Waals surface area contributed by atoms with Crippen LogP contribution in [0.1, 0.15) is 18.0 Å². The normalized spacial score (nSPS) is 17.5. The van der Waals surface area contributed by atoms with E-state index in [4.69, 9.17) is 17.0 Å². The lowest BCUT2D eigenvalue weighted by Crippen LogP contribution is -2.39. The van der Waals surface area contributed by atoms with Gasteiger partial charge < -0.3 is 15.4 Å². The van der Waals surface area contributed by atoms with Crippen LogP contribution in [0.25, 0.3) is 0 Å². The summed E-state index contributed by atoms with van der Waals surface area (Å²) in [6.45, 7) is 5.04. The molecule has 17 heavy (non-hydrogen) atoms. The molecule has 0 radical (unpaired) electrons. The Balaban J connectivity index is 2.03. The molecule has 2 rings (SSSR count). The molecule has 90 valence electrons. The van der Waals surface area contributed by atoms with Crippen LogP contribution in [0.4, 0.5) is 0 Å². The van der Waals surface area contributed by atoms with Crippen LogP contribution in [-0.2, 0) is 0 Å². The summed E-state index contributed by atoms with van der Waals surface area (Å²) < 4.78 is 5.60. The van der Waals surface area contributed by atoms with Crippen molar-refractivity contribution >= 4 is 17.3 Å². The van der Waals surface area contributed by atoms with E-state index in [1.54, 1.807) is 6.08 Å². The third kappa shape index (κ3) is 2.97. The molecule has 0 saturated heterocycles. The molecule has 0 amide bonds. The van der Waals surface area contributed by atoms with E-state index in [9.17, 15) is 0 Å². The Labute approximate surface area is 107 Å². The van der Waals surface area contributed by atoms with Crippen LogP contribution in [0, 0.1) is 0 Å². The maximum Gasteiger partial charge on any atom is 0.167 e. The Morgan fingerprint density at radius 2 is 2.35 bits per heavy atom. The molecule has 4 heteroatoms. The number of rotatable bonds is 3. The second kappa shape index (κ2) is 5.68. The fourth-order valence-electron chi connectivity index (χ4n) is 1.87. The standard InChI is InChI=1S/C13H16N2OS/c1-2-8-14-13(17)15-11-7-9-16-12-6-4-3-5-10(11)12/h2-6,11H,1,7-9H2,(H2,14,15,17)/t11-/m0/s1. The van der Waals surface area contributed by atoms with Gasteiger partial charge in [-0.3, -0.25) is 0 Å². The average molecular weight is 248 g/mol. The van der Waals surface area contributed by atoms with Crippen molar-refractivity contribution in [2.45, 2.75) is 12.5 Å². The zero-order chi connectivity index (χ0) is 12.1. The zero-order valence-electron chi connectivity index (χ0n) is 9.61. The molecule has 0 spiro atoms. The summed E-state index contributed by atoms with van der Waals surface area (Å²) in [5.41, 5.74) is 1.17. The molecular weight excluding hydrogens is 232 g/mol. The monoisotopic (exact) mass is 248 g/mol. The molecule has 1 aliphatic rings. The molecule has 0 bridgehead atoms. The van der Waals surface area contributed by atoms with Gasteiger partial charge in [-0.2, -0.15) is 0 Å². The molecule has 2 N–H and O–H groups in total. The molecule has 1 aromatic carbocycles. The quantitative estimate of drug-likeness (QED) is 0.634. The van der Waals surface area contributed by atoms with E-state index in [0.717, 1.165) is 18.8 Å². The van der Waals surface area contributed by atoms with E-state index >= 15 is 0 Å². The number of thiocarbonyl (C=S) groups is 1. The maximum absolute atomic E-state index is 5.60. The summed E-state index contributed by atoms with van der Waals surface area (Å²) in [4.78, 5) is 0. The Morgan fingerprint density at radius 3 is 3.18 bits per heavy atom. The van der Waals surface area contributed by atoms with Gasteiger partial charge in [-0.15, -0.1) is 6.58 Å². The van der Waals surface area contributed by atoms with Crippen molar-refractivity contribution in [3.05, 3.63) is 42.5 Å². The summed E-state index contributed by atoms with van der Waals surface area (Å²) in [6.07, 6.45) is 2.71. The minimum Gasteiger partial charge on any atom is -0.493 e. The van der Waals surface area contributed by atoms with Crippen molar-refractivity contribution in [1.82, 2.24) is 10.6 Å². The number of nitrogens with one attached hydrogen (secondary N) is 2. The second-order valence-electron chi connectivity index (χ2n) is 3.87. The molecule has 1 atom stereocenters. The van der Waals surface area contributed by atoms with Gasteiger partial charge in [-0.05, 0) is 18.3 Å². The first-order chi connectivity index (χ1) is 8.31. The number of fused-ring (bicyclic) bond motifs is 1. The highest BCUT2D eigenvalue weighted by Crippen LogP contribution is 2.31. The molecular formula is C13H16N2OS. The molecule has 0 unspecified atom stereocenters. The minimum absolute atomic E-state index is 0.227. The van der Waals surface area contributed by atoms with E-state index in [0.29, 0.717) is 11.7 Å². The molecule has 0 aromatic heterocycles. The van der Waals surface area contributed by atoms with E-state index in [-0.39, 0.29) is 6.04 Å². The number of para-hydroxylation sites is 1. The van der Waals surface area contributed by atoms with Crippen molar-refractivity contribution < 1.29 is 4.74 Å². The summed E-state index contributed by atoms with van der Waals surface area (Å²) in [6, 6.07) is 8.29. The highest BCUT2D eigenvalue weighted by molar-refractivity contribution is 7.80. The van der Waals surface area contributed by atoms with Crippen molar-refractivity contribution in [3.8, 4) is 5.75 Å². The molecule has 0 saturated carbocycles. The molecule has 1 aliphatic heterocycles. The Kier molecular flexibility index (Phi) is 3.98. The van der Waals surface area contributed by atoms with Gasteiger partial charge in [-0.1, -0.05) is 24.3 Å². The van der Waals surface area contributed by atoms with Crippen LogP contribution in [0.15, 0.2) is 36.9 Å². The topological polar surface area (TPSA) is 33.3 Å². The summed E-state index contributed by atoms with van der Waals surface area (Å²) in [7, 11) is 0. The van der Waals surface area contributed by atoms with Gasteiger partial charge in [0.2, 0.25) is 0 Å². The van der Waals surface area contributed by atoms with Gasteiger partial charge in [0.05, 0.1) is 12.6 Å². The third-order valence-electron chi connectivity index (χ3n) is 2.67. The van der Waals surface area contributed by atoms with Crippen molar-refractivity contribution in [2.75, 3.05) is 13.2 Å². The Morgan fingerprint density at radius 1 is 1.53 bits per heavy atom. The van der Waals surface area contributed by atoms with Crippen LogP contribution in [-0.4, -0.2) is 18.3 Å². The SMILES string of the molecule is C=CCNC(=S)N[C@H]1CCOc2ccccc21. The Bertz CT molecular complexity index is 420. The number of ether oxygens (including phenoxy) is 1. The van der Waals surface area contributed by atoms with Gasteiger partial charge in [-0.25, -0.2) is 0 Å². The van der Waals surface area contributed by atoms with Gasteiger partial charge in [0, 0.05) is 18.5 Å². The van der Waals surface area contributed by atoms with E-state index in [2.05, 4.69) is 23.3 Å². The molecule has 1 heterocycles. The van der Waals surface area contributed by atoms with Crippen molar-refractivity contribution in [3.63, 3.8) is 0 Å². The highest BCUT2D eigenvalue weighted by atomic mass is 32.1. The van der Waals surface area contributed by atoms with Gasteiger partial charge in [0.25, 0.3) is 0 Å². The van der Waals surface area contributed by atoms with Crippen LogP contribution >= 0.6 is 12.2 Å². The Hall–Kier alpha value is -1.55. The maximum atomic E-state index is 5.60. The lowest BCUT2D eigenvalue weighted by Gasteiger charge is -2.27. The first-order valence-corrected chi connectivity index (χ1v) is 6.09. The van der Waals surface area contributed by atoms with E-state index < -0.39 is 0 Å². The highest BCUT2D eigenvalue weighted by Gasteiger charge is 2.21. The number of benzene rings is 1. The van der Waals surface area contributed by atoms with Crippen LogP contribution < -0.4 is 15.4 Å². The fraction of sp³-hybridized carbons (Fsp3) is 0.308. The molecule has 1 aromatic rings. The lowest BCUT2D eigenvalue weighted by molar-refractivity contribution is 0.262. The van der Waals surface area contributed by atoms with Crippen LogP contribution in [0.3, 0.4) is 0 Å². The zero-order valence-corrected chi connectivity index (χ0v) is 10.4. The smallest absolute Gasteiger partial charge is 0.167 e. The summed E-state index contributed by atoms with van der Waals surface area (Å²) >= 11 is 5.22. The first-order valence-electron chi connectivity index (χ1n) is 5.68. The van der Waals surface area contributed by atoms with Gasteiger partial charge in [0.1, 0.15) is 5.75 Å². The van der Waals surface area contributed by atoms with Crippen molar-refractivity contribution in [1.29, 1.82) is 0 Å². The fourth-order valence-corrected chi connectivity index (χ4v) is 2.09. The summed E-state index contributed by atoms with van der Waals surface area (Å²) in [5, 5.41) is 7.03. The van der Waals surface area contributed by atoms with Crippen LogP contribution in [0.2, 0.25) is 0 Å². The third-order valence-corrected chi connectivity index (χ3v) is 2.93. The van der Waals surface area contributed by atoms with Crippen LogP contribution in [0.5, 0.6) is 5.75 Å². The number of hydrogen-bond donors (Lipinski definition) is 2. The van der Waals surface area contributed by atoms with Gasteiger partial charge in [0.15, 0.2) is 5.11 Å². The first kappa shape index (κ1) is 11.9. The molecule has 0 fully saturated rings.